The van der Waals surface area contributed by atoms with Crippen LogP contribution >= 0.6 is 11.6 Å². The molecule has 1 aromatic heterocycles. The molecule has 1 fully saturated rings. The van der Waals surface area contributed by atoms with Crippen molar-refractivity contribution in [2.24, 2.45) is 0 Å². The highest BCUT2D eigenvalue weighted by molar-refractivity contribution is 6.30. The summed E-state index contributed by atoms with van der Waals surface area (Å²) in [5, 5.41) is 25.9. The first-order valence-corrected chi connectivity index (χ1v) is 13.5. The van der Waals surface area contributed by atoms with Crippen LogP contribution in [0.25, 0.3) is 11.4 Å². The van der Waals surface area contributed by atoms with Gasteiger partial charge in [0.25, 0.3) is 5.91 Å². The number of rotatable bonds is 8. The summed E-state index contributed by atoms with van der Waals surface area (Å²) in [5.41, 5.74) is 1.32. The molecule has 0 aliphatic heterocycles. The lowest BCUT2D eigenvalue weighted by Crippen LogP contribution is -2.48. The highest BCUT2D eigenvalue weighted by Crippen LogP contribution is 2.31. The van der Waals surface area contributed by atoms with Gasteiger partial charge >= 0.3 is 0 Å². The molecule has 2 amide bonds. The Morgan fingerprint density at radius 1 is 1.05 bits per heavy atom. The normalized spacial score (nSPS) is 14.4. The van der Waals surface area contributed by atoms with Gasteiger partial charge in [0.15, 0.2) is 0 Å². The van der Waals surface area contributed by atoms with Gasteiger partial charge in [0.2, 0.25) is 11.7 Å². The Labute approximate surface area is 235 Å². The molecule has 1 aliphatic carbocycles. The summed E-state index contributed by atoms with van der Waals surface area (Å²) >= 11 is 5.97. The molecule has 9 nitrogen and oxygen atoms in total. The Morgan fingerprint density at radius 3 is 2.48 bits per heavy atom. The van der Waals surface area contributed by atoms with Gasteiger partial charge in [-0.1, -0.05) is 49.1 Å². The molecule has 1 aliphatic rings. The number of amides is 2. The van der Waals surface area contributed by atoms with Crippen LogP contribution < -0.4 is 10.2 Å². The maximum atomic E-state index is 14.4. The molecule has 0 bridgehead atoms. The van der Waals surface area contributed by atoms with E-state index in [0.717, 1.165) is 36.9 Å². The highest BCUT2D eigenvalue weighted by atomic mass is 35.5. The Balaban J connectivity index is 1.50. The molecule has 11 heteroatoms. The zero-order valence-electron chi connectivity index (χ0n) is 21.6. The molecule has 5 rings (SSSR count). The number of hydrogen-bond acceptors (Lipinski definition) is 6. The molecule has 0 radical (unpaired) electrons. The van der Waals surface area contributed by atoms with E-state index in [-0.39, 0.29) is 24.0 Å². The number of anilines is 1. The predicted octanol–water partition coefficient (Wildman–Crippen LogP) is 5.06. The minimum absolute atomic E-state index is 0.0142. The van der Waals surface area contributed by atoms with E-state index < -0.39 is 23.7 Å². The van der Waals surface area contributed by atoms with E-state index in [9.17, 15) is 19.1 Å². The van der Waals surface area contributed by atoms with Crippen molar-refractivity contribution >= 4 is 29.1 Å². The highest BCUT2D eigenvalue weighted by Gasteiger charge is 2.34. The van der Waals surface area contributed by atoms with Gasteiger partial charge in [-0.2, -0.15) is 4.80 Å². The lowest BCUT2D eigenvalue weighted by Gasteiger charge is -2.33. The topological polar surface area (TPSA) is 113 Å². The van der Waals surface area contributed by atoms with Crippen molar-refractivity contribution in [3.63, 3.8) is 0 Å². The summed E-state index contributed by atoms with van der Waals surface area (Å²) in [4.78, 5) is 30.1. The van der Waals surface area contributed by atoms with Crippen molar-refractivity contribution in [2.75, 3.05) is 4.90 Å². The number of phenolic OH excluding ortho intramolecular Hbond substituents is 1. The molecule has 0 unspecified atom stereocenters. The molecule has 1 saturated carbocycles. The molecule has 3 aromatic carbocycles. The number of halogens is 2. The average Bonchev–Trinajstić information content (AvgIpc) is 3.41. The van der Waals surface area contributed by atoms with Gasteiger partial charge in [-0.15, -0.1) is 10.2 Å². The molecular weight excluding hydrogens is 535 g/mol. The van der Waals surface area contributed by atoms with Crippen molar-refractivity contribution in [1.82, 2.24) is 25.5 Å². The van der Waals surface area contributed by atoms with Crippen LogP contribution in [0.15, 0.2) is 72.8 Å². The first-order chi connectivity index (χ1) is 19.4. The Hall–Kier alpha value is -4.31. The molecule has 2 N–H and O–H groups in total. The average molecular weight is 563 g/mol. The van der Waals surface area contributed by atoms with E-state index in [1.165, 1.54) is 35.2 Å². The summed E-state index contributed by atoms with van der Waals surface area (Å²) in [6.45, 7) is -0.359. The minimum atomic E-state index is -1.14. The second-order valence-electron chi connectivity index (χ2n) is 9.73. The third-order valence-corrected chi connectivity index (χ3v) is 7.11. The van der Waals surface area contributed by atoms with Gasteiger partial charge in [0.1, 0.15) is 24.2 Å². The fraction of sp³-hybridized carbons (Fsp3) is 0.276. The summed E-state index contributed by atoms with van der Waals surface area (Å²) in [6.07, 6.45) is 4.83. The van der Waals surface area contributed by atoms with Crippen LogP contribution in [0.5, 0.6) is 5.75 Å². The van der Waals surface area contributed by atoms with Gasteiger partial charge in [-0.3, -0.25) is 14.5 Å². The summed E-state index contributed by atoms with van der Waals surface area (Å²) in [7, 11) is 0. The number of hydrogen-bond donors (Lipinski definition) is 2. The number of carbonyl (C=O) groups excluding carboxylic acids is 2. The standard InChI is InChI=1S/C29H28ClFN6O3/c30-21-13-9-20(10-14-21)28-33-35-36(34-28)18-26(39)37(24-8-4-5-22(31)17-24)27(19-11-15-25(38)16-12-19)29(40)32-23-6-2-1-3-7-23/h4-5,8-17,23,27,38H,1-3,6-7,18H2,(H,32,40)/t27-/m0/s1. The summed E-state index contributed by atoms with van der Waals surface area (Å²) in [6, 6.07) is 17.3. The summed E-state index contributed by atoms with van der Waals surface area (Å²) in [5.74, 6) is -1.20. The molecular formula is C29H28ClFN6O3. The molecule has 4 aromatic rings. The fourth-order valence-electron chi connectivity index (χ4n) is 4.89. The number of carbonyl (C=O) groups is 2. The minimum Gasteiger partial charge on any atom is -0.508 e. The number of aromatic hydroxyl groups is 1. The second kappa shape index (κ2) is 12.3. The van der Waals surface area contributed by atoms with Crippen molar-refractivity contribution < 1.29 is 19.1 Å². The van der Waals surface area contributed by atoms with Gasteiger partial charge in [0.05, 0.1) is 0 Å². The van der Waals surface area contributed by atoms with Crippen LogP contribution in [0.4, 0.5) is 10.1 Å². The maximum absolute atomic E-state index is 14.4. The fourth-order valence-corrected chi connectivity index (χ4v) is 5.01. The van der Waals surface area contributed by atoms with Gasteiger partial charge in [-0.05, 0) is 78.2 Å². The van der Waals surface area contributed by atoms with E-state index in [2.05, 4.69) is 20.7 Å². The quantitative estimate of drug-likeness (QED) is 0.310. The Kier molecular flexibility index (Phi) is 8.35. The third kappa shape index (κ3) is 6.45. The Morgan fingerprint density at radius 2 is 1.77 bits per heavy atom. The molecule has 0 spiro atoms. The number of benzene rings is 3. The maximum Gasteiger partial charge on any atom is 0.251 e. The van der Waals surface area contributed by atoms with Crippen LogP contribution in [0.2, 0.25) is 5.02 Å². The second-order valence-corrected chi connectivity index (χ2v) is 10.2. The smallest absolute Gasteiger partial charge is 0.251 e. The van der Waals surface area contributed by atoms with Crippen LogP contribution in [-0.2, 0) is 16.1 Å². The first kappa shape index (κ1) is 27.3. The first-order valence-electron chi connectivity index (χ1n) is 13.1. The van der Waals surface area contributed by atoms with E-state index in [1.54, 1.807) is 42.5 Å². The monoisotopic (exact) mass is 562 g/mol. The molecule has 206 valence electrons. The zero-order chi connectivity index (χ0) is 28.1. The lowest BCUT2D eigenvalue weighted by atomic mass is 9.94. The van der Waals surface area contributed by atoms with Gasteiger partial charge in [-0.25, -0.2) is 4.39 Å². The van der Waals surface area contributed by atoms with Gasteiger partial charge in [0, 0.05) is 22.3 Å². The zero-order valence-corrected chi connectivity index (χ0v) is 22.3. The molecule has 40 heavy (non-hydrogen) atoms. The molecule has 1 atom stereocenters. The number of nitrogens with one attached hydrogen (secondary N) is 1. The van der Waals surface area contributed by atoms with Crippen LogP contribution in [0.1, 0.15) is 43.7 Å². The van der Waals surface area contributed by atoms with Crippen molar-refractivity contribution in [3.8, 4) is 17.1 Å². The van der Waals surface area contributed by atoms with Crippen LogP contribution in [0.3, 0.4) is 0 Å². The molecule has 1 heterocycles. The SMILES string of the molecule is O=C(NC1CCCCC1)[C@H](c1ccc(O)cc1)N(C(=O)Cn1nnc(-c2ccc(Cl)cc2)n1)c1cccc(F)c1. The van der Waals surface area contributed by atoms with Crippen molar-refractivity contribution in [1.29, 1.82) is 0 Å². The largest absolute Gasteiger partial charge is 0.508 e. The molecule has 0 saturated heterocycles. The van der Waals surface area contributed by atoms with E-state index in [1.807, 2.05) is 0 Å². The number of nitrogens with zero attached hydrogens (tertiary/aromatic N) is 5. The Bertz CT molecular complexity index is 1470. The number of tetrazole rings is 1. The van der Waals surface area contributed by atoms with E-state index in [4.69, 9.17) is 11.6 Å². The summed E-state index contributed by atoms with van der Waals surface area (Å²) < 4.78 is 14.4. The van der Waals surface area contributed by atoms with Crippen LogP contribution in [0, 0.1) is 5.82 Å². The van der Waals surface area contributed by atoms with Crippen LogP contribution in [-0.4, -0.2) is 43.2 Å². The number of phenols is 1. The predicted molar refractivity (Wildman–Crippen MR) is 148 cm³/mol. The lowest BCUT2D eigenvalue weighted by molar-refractivity contribution is -0.127. The number of aromatic nitrogens is 4. The van der Waals surface area contributed by atoms with E-state index >= 15 is 0 Å². The van der Waals surface area contributed by atoms with Crippen molar-refractivity contribution in [2.45, 2.75) is 50.7 Å². The third-order valence-electron chi connectivity index (χ3n) is 6.85. The van der Waals surface area contributed by atoms with Crippen molar-refractivity contribution in [3.05, 3.63) is 89.2 Å². The van der Waals surface area contributed by atoms with E-state index in [0.29, 0.717) is 22.0 Å². The van der Waals surface area contributed by atoms with Gasteiger partial charge < -0.3 is 10.4 Å².